The van der Waals surface area contributed by atoms with Crippen molar-refractivity contribution in [1.29, 1.82) is 0 Å². The van der Waals surface area contributed by atoms with Crippen LogP contribution < -0.4 is 4.74 Å². The summed E-state index contributed by atoms with van der Waals surface area (Å²) in [7, 11) is 0. The summed E-state index contributed by atoms with van der Waals surface area (Å²) in [5.41, 5.74) is 2.11. The second-order valence-electron chi connectivity index (χ2n) is 7.65. The molecule has 0 unspecified atom stereocenters. The predicted molar refractivity (Wildman–Crippen MR) is 124 cm³/mol. The van der Waals surface area contributed by atoms with E-state index in [0.717, 1.165) is 16.9 Å². The Morgan fingerprint density at radius 1 is 1.06 bits per heavy atom. The topological polar surface area (TPSA) is 89.2 Å². The fraction of sp³-hybridized carbons (Fsp3) is 0.308. The Bertz CT molecular complexity index is 1070. The van der Waals surface area contributed by atoms with E-state index in [4.69, 9.17) is 20.4 Å². The molecule has 0 aliphatic rings. The average Bonchev–Trinajstić information content (AvgIpc) is 3.34. The summed E-state index contributed by atoms with van der Waals surface area (Å²) >= 11 is 0. The molecule has 0 saturated heterocycles. The highest BCUT2D eigenvalue weighted by Gasteiger charge is 2.21. The van der Waals surface area contributed by atoms with Crippen LogP contribution in [0.25, 0.3) is 11.3 Å². The van der Waals surface area contributed by atoms with Crippen molar-refractivity contribution in [1.82, 2.24) is 4.90 Å². The first kappa shape index (κ1) is 22.6. The van der Waals surface area contributed by atoms with Crippen LogP contribution in [0.3, 0.4) is 0 Å². The molecule has 0 spiro atoms. The molecule has 1 aromatic heterocycles. The monoisotopic (exact) mass is 452 g/mol. The Kier molecular flexibility index (Phi) is 8.14. The lowest BCUT2D eigenvalue weighted by Crippen LogP contribution is -2.36. The number of hydrogen-bond acceptors (Lipinski definition) is 5. The molecule has 174 valence electrons. The van der Waals surface area contributed by atoms with Crippen molar-refractivity contribution in [3.05, 3.63) is 78.1 Å². The van der Waals surface area contributed by atoms with Gasteiger partial charge in [-0.3, -0.25) is 4.79 Å². The van der Waals surface area contributed by atoms with Crippen LogP contribution in [0.15, 0.2) is 71.3 Å². The lowest BCUT2D eigenvalue weighted by Gasteiger charge is -2.28. The zero-order chi connectivity index (χ0) is 24.6. The third-order valence-corrected chi connectivity index (χ3v) is 4.94. The Hall–Kier alpha value is -3.58. The number of hydrogen-bond donors (Lipinski definition) is 1. The first-order chi connectivity index (χ1) is 16.3. The van der Waals surface area contributed by atoms with Crippen LogP contribution >= 0.6 is 0 Å². The summed E-state index contributed by atoms with van der Waals surface area (Å²) in [6.07, 6.45) is 2.12. The molecule has 7 heteroatoms. The average molecular weight is 453 g/mol. The minimum absolute atomic E-state index is 0.195. The van der Waals surface area contributed by atoms with E-state index in [1.54, 1.807) is 38.3 Å². The molecule has 1 amide bonds. The third kappa shape index (κ3) is 6.95. The number of aliphatic carboxylic acids is 1. The van der Waals surface area contributed by atoms with Gasteiger partial charge in [-0.15, -0.1) is 0 Å². The Morgan fingerprint density at radius 3 is 2.48 bits per heavy atom. The summed E-state index contributed by atoms with van der Waals surface area (Å²) in [5, 5.41) is 8.61. The number of carboxylic acid groups (broad SMARTS) is 1. The van der Waals surface area contributed by atoms with Gasteiger partial charge in [-0.05, 0) is 44.2 Å². The number of carbonyl (C=O) groups excluding carboxylic acids is 1. The number of carbonyl (C=O) groups is 2. The highest BCUT2D eigenvalue weighted by molar-refractivity contribution is 5.94. The fourth-order valence-electron chi connectivity index (χ4n) is 3.26. The third-order valence-electron chi connectivity index (χ3n) is 4.94. The summed E-state index contributed by atoms with van der Waals surface area (Å²) < 4.78 is 24.9. The van der Waals surface area contributed by atoms with E-state index < -0.39 is 12.0 Å². The quantitative estimate of drug-likeness (QED) is 0.395. The van der Waals surface area contributed by atoms with Crippen LogP contribution in [0.4, 0.5) is 0 Å². The number of para-hydroxylation sites is 1. The Labute approximate surface area is 194 Å². The molecule has 0 aliphatic heterocycles. The van der Waals surface area contributed by atoms with E-state index in [1.165, 1.54) is 4.90 Å². The van der Waals surface area contributed by atoms with Gasteiger partial charge in [-0.1, -0.05) is 30.3 Å². The number of furan rings is 1. The Morgan fingerprint density at radius 2 is 1.82 bits per heavy atom. The maximum absolute atomic E-state index is 13.4. The number of amides is 1. The van der Waals surface area contributed by atoms with E-state index >= 15 is 0 Å². The van der Waals surface area contributed by atoms with Crippen molar-refractivity contribution in [3.63, 3.8) is 0 Å². The summed E-state index contributed by atoms with van der Waals surface area (Å²) in [5.74, 6) is 0.0552. The second kappa shape index (κ2) is 11.9. The maximum atomic E-state index is 13.4. The van der Waals surface area contributed by atoms with Gasteiger partial charge in [0.2, 0.25) is 0 Å². The Balaban J connectivity index is 1.69. The largest absolute Gasteiger partial charge is 0.493 e. The molecule has 1 N–H and O–H groups in total. The zero-order valence-corrected chi connectivity index (χ0v) is 18.8. The molecule has 3 rings (SSSR count). The van der Waals surface area contributed by atoms with Gasteiger partial charge >= 0.3 is 5.97 Å². The van der Waals surface area contributed by atoms with Gasteiger partial charge in [-0.2, -0.15) is 0 Å². The fourth-order valence-corrected chi connectivity index (χ4v) is 3.26. The molecule has 0 bridgehead atoms. The lowest BCUT2D eigenvalue weighted by atomic mass is 10.1. The van der Waals surface area contributed by atoms with Gasteiger partial charge in [-0.25, -0.2) is 4.79 Å². The lowest BCUT2D eigenvalue weighted by molar-refractivity contribution is -0.142. The molecule has 0 atom stereocenters. The van der Waals surface area contributed by atoms with Crippen molar-refractivity contribution in [2.75, 3.05) is 19.8 Å². The molecule has 0 fully saturated rings. The molecular weight excluding hydrogens is 422 g/mol. The summed E-state index contributed by atoms with van der Waals surface area (Å²) in [4.78, 5) is 25.4. The van der Waals surface area contributed by atoms with Crippen LogP contribution in [0.1, 0.15) is 37.6 Å². The van der Waals surface area contributed by atoms with Gasteiger partial charge < -0.3 is 23.9 Å². The second-order valence-corrected chi connectivity index (χ2v) is 7.65. The first-order valence-electron chi connectivity index (χ1n) is 11.2. The van der Waals surface area contributed by atoms with Crippen molar-refractivity contribution in [2.24, 2.45) is 0 Å². The van der Waals surface area contributed by atoms with E-state index in [0.29, 0.717) is 24.3 Å². The van der Waals surface area contributed by atoms with E-state index in [-0.39, 0.29) is 25.7 Å². The van der Waals surface area contributed by atoms with Crippen molar-refractivity contribution in [2.45, 2.75) is 32.8 Å². The SMILES string of the molecule is [2H]C(C)(C)N(Cc1ccccc1OCCCOCC(=O)O)C(=O)c1ccc(-c2ccco2)cc1. The van der Waals surface area contributed by atoms with Gasteiger partial charge in [0.15, 0.2) is 0 Å². The number of ether oxygens (including phenoxy) is 2. The van der Waals surface area contributed by atoms with Crippen molar-refractivity contribution >= 4 is 11.9 Å². The van der Waals surface area contributed by atoms with Gasteiger partial charge in [0.1, 0.15) is 18.1 Å². The summed E-state index contributed by atoms with van der Waals surface area (Å²) in [6.45, 7) is 3.81. The molecule has 3 aromatic rings. The minimum Gasteiger partial charge on any atom is -0.493 e. The highest BCUT2D eigenvalue weighted by atomic mass is 16.5. The molecule has 7 nitrogen and oxygen atoms in total. The molecule has 0 aliphatic carbocycles. The molecule has 1 heterocycles. The minimum atomic E-state index is -1.17. The molecular formula is C26H29NO6. The van der Waals surface area contributed by atoms with Crippen LogP contribution in [-0.4, -0.2) is 47.7 Å². The van der Waals surface area contributed by atoms with Gasteiger partial charge in [0, 0.05) is 35.7 Å². The van der Waals surface area contributed by atoms with Gasteiger partial charge in [0.05, 0.1) is 20.8 Å². The molecule has 0 saturated carbocycles. The van der Waals surface area contributed by atoms with Crippen LogP contribution in [-0.2, 0) is 16.1 Å². The normalized spacial score (nSPS) is 11.6. The van der Waals surface area contributed by atoms with E-state index in [9.17, 15) is 9.59 Å². The van der Waals surface area contributed by atoms with Crippen molar-refractivity contribution in [3.8, 4) is 17.1 Å². The predicted octanol–water partition coefficient (Wildman–Crippen LogP) is 4.87. The van der Waals surface area contributed by atoms with Crippen molar-refractivity contribution < 1.29 is 30.0 Å². The summed E-state index contributed by atoms with van der Waals surface area (Å²) in [6, 6.07) is 17.0. The molecule has 33 heavy (non-hydrogen) atoms. The molecule has 2 aromatic carbocycles. The highest BCUT2D eigenvalue weighted by Crippen LogP contribution is 2.24. The standard InChI is InChI=1S/C26H29NO6/c1-19(2)27(26(30)21-12-10-20(11-13-21)23-9-5-15-32-23)17-22-7-3-4-8-24(22)33-16-6-14-31-18-25(28)29/h3-5,7-13,15,19H,6,14,16-18H2,1-2H3,(H,28,29)/i19D. The van der Waals surface area contributed by atoms with Gasteiger partial charge in [0.25, 0.3) is 5.91 Å². The van der Waals surface area contributed by atoms with Crippen LogP contribution in [0, 0.1) is 0 Å². The van der Waals surface area contributed by atoms with E-state index in [2.05, 4.69) is 0 Å². The smallest absolute Gasteiger partial charge is 0.329 e. The van der Waals surface area contributed by atoms with Crippen LogP contribution in [0.5, 0.6) is 5.75 Å². The zero-order valence-electron chi connectivity index (χ0n) is 19.8. The number of rotatable bonds is 12. The first-order valence-corrected chi connectivity index (χ1v) is 10.7. The molecule has 0 radical (unpaired) electrons. The number of benzene rings is 2. The number of nitrogens with zero attached hydrogens (tertiary/aromatic N) is 1. The van der Waals surface area contributed by atoms with E-state index in [1.807, 2.05) is 42.5 Å². The number of carboxylic acids is 1. The maximum Gasteiger partial charge on any atom is 0.329 e. The van der Waals surface area contributed by atoms with Crippen LogP contribution in [0.2, 0.25) is 0 Å².